The van der Waals surface area contributed by atoms with Crippen LogP contribution in [0.3, 0.4) is 0 Å². The highest BCUT2D eigenvalue weighted by atomic mass is 16.2. The average molecular weight is 221 g/mol. The van der Waals surface area contributed by atoms with E-state index >= 15 is 0 Å². The molecule has 0 saturated carbocycles. The van der Waals surface area contributed by atoms with Crippen molar-refractivity contribution in [3.8, 4) is 0 Å². The van der Waals surface area contributed by atoms with E-state index in [9.17, 15) is 4.79 Å². The molecule has 0 spiro atoms. The van der Waals surface area contributed by atoms with Gasteiger partial charge in [-0.2, -0.15) is 0 Å². The number of aromatic nitrogens is 1. The summed E-state index contributed by atoms with van der Waals surface area (Å²) in [5.74, 6) is 0.180. The Morgan fingerprint density at radius 3 is 2.88 bits per heavy atom. The molecule has 0 bridgehead atoms. The molecule has 0 unspecified atom stereocenters. The minimum absolute atomic E-state index is 0.180. The highest BCUT2D eigenvalue weighted by Crippen LogP contribution is 1.94. The Labute approximate surface area is 96.7 Å². The number of carbonyl (C=O) groups excluding carboxylic acids is 1. The number of carbonyl (C=O) groups is 1. The lowest BCUT2D eigenvalue weighted by Gasteiger charge is -2.09. The zero-order valence-electron chi connectivity index (χ0n) is 9.94. The highest BCUT2D eigenvalue weighted by molar-refractivity contribution is 5.75. The molecule has 0 saturated heterocycles. The minimum Gasteiger partial charge on any atom is -0.349 e. The summed E-state index contributed by atoms with van der Waals surface area (Å²) in [5.41, 5.74) is 1.03. The molecule has 88 valence electrons. The van der Waals surface area contributed by atoms with Gasteiger partial charge < -0.3 is 10.2 Å². The number of hydrogen-bond acceptors (Lipinski definition) is 3. The van der Waals surface area contributed by atoms with Crippen molar-refractivity contribution in [2.75, 3.05) is 20.6 Å². The van der Waals surface area contributed by atoms with E-state index in [-0.39, 0.29) is 5.91 Å². The summed E-state index contributed by atoms with van der Waals surface area (Å²) in [6, 6.07) is 5.86. The van der Waals surface area contributed by atoms with Gasteiger partial charge in [-0.1, -0.05) is 6.07 Å². The number of nitrogens with zero attached hydrogens (tertiary/aromatic N) is 2. The Kier molecular flexibility index (Phi) is 5.50. The van der Waals surface area contributed by atoms with Crippen LogP contribution in [0.5, 0.6) is 0 Å². The third-order valence-corrected chi connectivity index (χ3v) is 2.28. The van der Waals surface area contributed by atoms with Gasteiger partial charge in [-0.15, -0.1) is 0 Å². The van der Waals surface area contributed by atoms with Crippen molar-refractivity contribution in [2.45, 2.75) is 19.4 Å². The third-order valence-electron chi connectivity index (χ3n) is 2.28. The largest absolute Gasteiger partial charge is 0.349 e. The SMILES string of the molecule is CN(C)C(=O)CCCNCc1ccccn1. The van der Waals surface area contributed by atoms with Crippen molar-refractivity contribution in [1.82, 2.24) is 15.2 Å². The van der Waals surface area contributed by atoms with Crippen molar-refractivity contribution in [3.05, 3.63) is 30.1 Å². The predicted octanol–water partition coefficient (Wildman–Crippen LogP) is 1.04. The Bertz CT molecular complexity index is 311. The highest BCUT2D eigenvalue weighted by Gasteiger charge is 2.02. The number of hydrogen-bond donors (Lipinski definition) is 1. The van der Waals surface area contributed by atoms with Gasteiger partial charge in [0.25, 0.3) is 0 Å². The first-order chi connectivity index (χ1) is 7.70. The maximum atomic E-state index is 11.3. The molecule has 0 aliphatic carbocycles. The van der Waals surface area contributed by atoms with E-state index in [1.165, 1.54) is 0 Å². The van der Waals surface area contributed by atoms with Crippen LogP contribution in [0.4, 0.5) is 0 Å². The number of amides is 1. The fourth-order valence-corrected chi connectivity index (χ4v) is 1.31. The van der Waals surface area contributed by atoms with Gasteiger partial charge in [0.15, 0.2) is 0 Å². The molecule has 0 aliphatic heterocycles. The monoisotopic (exact) mass is 221 g/mol. The summed E-state index contributed by atoms with van der Waals surface area (Å²) in [4.78, 5) is 17.1. The van der Waals surface area contributed by atoms with Crippen LogP contribution >= 0.6 is 0 Å². The van der Waals surface area contributed by atoms with Crippen LogP contribution in [0.2, 0.25) is 0 Å². The zero-order chi connectivity index (χ0) is 11.8. The van der Waals surface area contributed by atoms with Crippen LogP contribution in [0.15, 0.2) is 24.4 Å². The van der Waals surface area contributed by atoms with Crippen LogP contribution in [0.1, 0.15) is 18.5 Å². The van der Waals surface area contributed by atoms with Crippen molar-refractivity contribution >= 4 is 5.91 Å². The van der Waals surface area contributed by atoms with Crippen LogP contribution in [0, 0.1) is 0 Å². The fraction of sp³-hybridized carbons (Fsp3) is 0.500. The quantitative estimate of drug-likeness (QED) is 0.730. The Morgan fingerprint density at radius 2 is 2.25 bits per heavy atom. The summed E-state index contributed by atoms with van der Waals surface area (Å²) < 4.78 is 0. The summed E-state index contributed by atoms with van der Waals surface area (Å²) >= 11 is 0. The molecule has 1 heterocycles. The second kappa shape index (κ2) is 6.95. The number of pyridine rings is 1. The van der Waals surface area contributed by atoms with Gasteiger partial charge >= 0.3 is 0 Å². The van der Waals surface area contributed by atoms with Crippen LogP contribution in [-0.2, 0) is 11.3 Å². The van der Waals surface area contributed by atoms with E-state index in [1.807, 2.05) is 18.2 Å². The average Bonchev–Trinajstić information content (AvgIpc) is 2.29. The van der Waals surface area contributed by atoms with Crippen LogP contribution < -0.4 is 5.32 Å². The maximum absolute atomic E-state index is 11.3. The molecule has 1 aromatic rings. The summed E-state index contributed by atoms with van der Waals surface area (Å²) in [5, 5.41) is 3.26. The van der Waals surface area contributed by atoms with Crippen molar-refractivity contribution in [3.63, 3.8) is 0 Å². The molecule has 1 N–H and O–H groups in total. The molecule has 0 atom stereocenters. The van der Waals surface area contributed by atoms with Crippen LogP contribution in [0.25, 0.3) is 0 Å². The minimum atomic E-state index is 0.180. The second-order valence-corrected chi connectivity index (χ2v) is 3.89. The van der Waals surface area contributed by atoms with Crippen LogP contribution in [-0.4, -0.2) is 36.4 Å². The second-order valence-electron chi connectivity index (χ2n) is 3.89. The molecule has 1 rings (SSSR count). The van der Waals surface area contributed by atoms with E-state index in [2.05, 4.69) is 10.3 Å². The molecule has 0 aliphatic rings. The normalized spacial score (nSPS) is 10.1. The van der Waals surface area contributed by atoms with Gasteiger partial charge in [0.2, 0.25) is 5.91 Å². The molecule has 0 radical (unpaired) electrons. The lowest BCUT2D eigenvalue weighted by atomic mass is 10.3. The molecule has 4 heteroatoms. The zero-order valence-corrected chi connectivity index (χ0v) is 9.94. The Balaban J connectivity index is 2.07. The first-order valence-electron chi connectivity index (χ1n) is 5.51. The van der Waals surface area contributed by atoms with E-state index in [0.717, 1.165) is 25.2 Å². The topological polar surface area (TPSA) is 45.2 Å². The van der Waals surface area contributed by atoms with E-state index in [4.69, 9.17) is 0 Å². The van der Waals surface area contributed by atoms with Gasteiger partial charge in [-0.25, -0.2) is 0 Å². The Hall–Kier alpha value is -1.42. The fourth-order valence-electron chi connectivity index (χ4n) is 1.31. The van der Waals surface area contributed by atoms with Crippen molar-refractivity contribution in [1.29, 1.82) is 0 Å². The van der Waals surface area contributed by atoms with Crippen molar-refractivity contribution < 1.29 is 4.79 Å². The lowest BCUT2D eigenvalue weighted by Crippen LogP contribution is -2.23. The van der Waals surface area contributed by atoms with Gasteiger partial charge in [-0.3, -0.25) is 9.78 Å². The molecule has 16 heavy (non-hydrogen) atoms. The molecule has 1 amide bonds. The molecular formula is C12H19N3O. The smallest absolute Gasteiger partial charge is 0.222 e. The summed E-state index contributed by atoms with van der Waals surface area (Å²) in [6.45, 7) is 1.60. The summed E-state index contributed by atoms with van der Waals surface area (Å²) in [7, 11) is 3.56. The standard InChI is InChI=1S/C12H19N3O/c1-15(2)12(16)7-5-8-13-10-11-6-3-4-9-14-11/h3-4,6,9,13H,5,7-8,10H2,1-2H3. The first-order valence-corrected chi connectivity index (χ1v) is 5.51. The van der Waals surface area contributed by atoms with Gasteiger partial charge in [-0.05, 0) is 25.1 Å². The third kappa shape index (κ3) is 4.89. The van der Waals surface area contributed by atoms with Gasteiger partial charge in [0.1, 0.15) is 0 Å². The van der Waals surface area contributed by atoms with Gasteiger partial charge in [0, 0.05) is 33.3 Å². The number of rotatable bonds is 6. The van der Waals surface area contributed by atoms with E-state index < -0.39 is 0 Å². The first kappa shape index (κ1) is 12.6. The lowest BCUT2D eigenvalue weighted by molar-refractivity contribution is -0.128. The summed E-state index contributed by atoms with van der Waals surface area (Å²) in [6.07, 6.45) is 3.25. The molecule has 0 fully saturated rings. The Morgan fingerprint density at radius 1 is 1.44 bits per heavy atom. The predicted molar refractivity (Wildman–Crippen MR) is 63.9 cm³/mol. The molecule has 1 aromatic heterocycles. The van der Waals surface area contributed by atoms with E-state index in [0.29, 0.717) is 6.42 Å². The number of nitrogens with one attached hydrogen (secondary N) is 1. The van der Waals surface area contributed by atoms with Gasteiger partial charge in [0.05, 0.1) is 5.69 Å². The molecular weight excluding hydrogens is 202 g/mol. The maximum Gasteiger partial charge on any atom is 0.222 e. The van der Waals surface area contributed by atoms with Crippen molar-refractivity contribution in [2.24, 2.45) is 0 Å². The molecule has 0 aromatic carbocycles. The van der Waals surface area contributed by atoms with E-state index in [1.54, 1.807) is 25.2 Å². The molecule has 4 nitrogen and oxygen atoms in total.